The molecule has 1 aliphatic heterocycles. The lowest BCUT2D eigenvalue weighted by molar-refractivity contribution is 0.0996. The number of aromatic nitrogens is 3. The van der Waals surface area contributed by atoms with Crippen LogP contribution in [0.3, 0.4) is 0 Å². The summed E-state index contributed by atoms with van der Waals surface area (Å²) in [5.74, 6) is 1.38. The number of benzene rings is 1. The number of furan rings is 1. The third-order valence-electron chi connectivity index (χ3n) is 4.83. The predicted molar refractivity (Wildman–Crippen MR) is 107 cm³/mol. The average Bonchev–Trinajstić information content (AvgIpc) is 3.18. The van der Waals surface area contributed by atoms with Crippen LogP contribution in [0.15, 0.2) is 22.6 Å². The van der Waals surface area contributed by atoms with E-state index in [-0.39, 0.29) is 24.1 Å². The van der Waals surface area contributed by atoms with Gasteiger partial charge in [0, 0.05) is 23.9 Å². The van der Waals surface area contributed by atoms with E-state index in [4.69, 9.17) is 16.0 Å². The Labute approximate surface area is 167 Å². The minimum absolute atomic E-state index is 0. The summed E-state index contributed by atoms with van der Waals surface area (Å²) >= 11 is 6.16. The molecule has 0 saturated carbocycles. The molecule has 3 aromatic rings. The molecule has 0 bridgehead atoms. The largest absolute Gasteiger partial charge is 0.449 e. The van der Waals surface area contributed by atoms with Crippen molar-refractivity contribution in [1.29, 1.82) is 0 Å². The van der Waals surface area contributed by atoms with Crippen molar-refractivity contribution in [3.8, 4) is 0 Å². The number of halogens is 2. The molecule has 9 heteroatoms. The van der Waals surface area contributed by atoms with Gasteiger partial charge in [-0.2, -0.15) is 10.1 Å². The van der Waals surface area contributed by atoms with E-state index < -0.39 is 0 Å². The lowest BCUT2D eigenvalue weighted by Crippen LogP contribution is -2.27. The lowest BCUT2D eigenvalue weighted by atomic mass is 9.98. The molecule has 1 saturated heterocycles. The van der Waals surface area contributed by atoms with E-state index in [1.54, 1.807) is 17.8 Å². The summed E-state index contributed by atoms with van der Waals surface area (Å²) in [6, 6.07) is 5.46. The van der Waals surface area contributed by atoms with Gasteiger partial charge in [-0.05, 0) is 38.9 Å². The SMILES string of the molecule is Cc1c(C(=O)Nc2nc(C3CCNCC3)nn2C)oc2c(Cl)cccc12.Cl. The first-order valence-electron chi connectivity index (χ1n) is 8.65. The normalized spacial score (nSPS) is 14.9. The topological polar surface area (TPSA) is 85.0 Å². The van der Waals surface area contributed by atoms with Gasteiger partial charge in [0.2, 0.25) is 5.95 Å². The van der Waals surface area contributed by atoms with Gasteiger partial charge in [-0.1, -0.05) is 23.7 Å². The van der Waals surface area contributed by atoms with Gasteiger partial charge in [0.25, 0.3) is 5.91 Å². The molecule has 0 unspecified atom stereocenters. The van der Waals surface area contributed by atoms with Crippen molar-refractivity contribution in [2.24, 2.45) is 7.05 Å². The molecule has 1 aliphatic rings. The molecule has 0 spiro atoms. The van der Waals surface area contributed by atoms with Crippen LogP contribution in [0.1, 0.15) is 40.7 Å². The van der Waals surface area contributed by atoms with Crippen LogP contribution in [0, 0.1) is 6.92 Å². The van der Waals surface area contributed by atoms with Crippen LogP contribution in [0.25, 0.3) is 11.0 Å². The molecule has 0 atom stereocenters. The monoisotopic (exact) mass is 409 g/mol. The van der Waals surface area contributed by atoms with Crippen LogP contribution in [-0.2, 0) is 7.05 Å². The fraction of sp³-hybridized carbons (Fsp3) is 0.389. The number of fused-ring (bicyclic) bond motifs is 1. The number of piperidine rings is 1. The maximum absolute atomic E-state index is 12.7. The zero-order valence-electron chi connectivity index (χ0n) is 15.1. The summed E-state index contributed by atoms with van der Waals surface area (Å²) in [6.07, 6.45) is 2.00. The Morgan fingerprint density at radius 3 is 2.81 bits per heavy atom. The Kier molecular flexibility index (Phi) is 5.74. The highest BCUT2D eigenvalue weighted by molar-refractivity contribution is 6.35. The second kappa shape index (κ2) is 7.88. The Balaban J connectivity index is 0.00000210. The Morgan fingerprint density at radius 1 is 1.37 bits per heavy atom. The highest BCUT2D eigenvalue weighted by Crippen LogP contribution is 2.31. The van der Waals surface area contributed by atoms with Crippen molar-refractivity contribution < 1.29 is 9.21 Å². The molecule has 4 rings (SSSR count). The zero-order valence-corrected chi connectivity index (χ0v) is 16.7. The van der Waals surface area contributed by atoms with Crippen LogP contribution in [-0.4, -0.2) is 33.8 Å². The maximum Gasteiger partial charge on any atom is 0.294 e. The van der Waals surface area contributed by atoms with Crippen LogP contribution < -0.4 is 10.6 Å². The van der Waals surface area contributed by atoms with E-state index in [1.807, 2.05) is 19.1 Å². The number of aryl methyl sites for hydroxylation is 2. The Hall–Kier alpha value is -2.09. The molecule has 1 fully saturated rings. The fourth-order valence-electron chi connectivity index (χ4n) is 3.35. The molecule has 144 valence electrons. The highest BCUT2D eigenvalue weighted by Gasteiger charge is 2.24. The van der Waals surface area contributed by atoms with E-state index in [0.29, 0.717) is 22.5 Å². The number of carbonyl (C=O) groups excluding carboxylic acids is 1. The third-order valence-corrected chi connectivity index (χ3v) is 5.13. The number of nitrogens with zero attached hydrogens (tertiary/aromatic N) is 3. The van der Waals surface area contributed by atoms with Crippen LogP contribution in [0.4, 0.5) is 5.95 Å². The lowest BCUT2D eigenvalue weighted by Gasteiger charge is -2.19. The fourth-order valence-corrected chi connectivity index (χ4v) is 3.56. The molecule has 3 heterocycles. The summed E-state index contributed by atoms with van der Waals surface area (Å²) in [5.41, 5.74) is 1.27. The molecule has 27 heavy (non-hydrogen) atoms. The Bertz CT molecular complexity index is 976. The highest BCUT2D eigenvalue weighted by atomic mass is 35.5. The van der Waals surface area contributed by atoms with Gasteiger partial charge in [0.15, 0.2) is 17.2 Å². The second-order valence-corrected chi connectivity index (χ2v) is 6.98. The minimum Gasteiger partial charge on any atom is -0.449 e. The molecule has 1 aromatic carbocycles. The van der Waals surface area contributed by atoms with Crippen LogP contribution in [0.5, 0.6) is 0 Å². The van der Waals surface area contributed by atoms with E-state index in [9.17, 15) is 4.79 Å². The van der Waals surface area contributed by atoms with Gasteiger partial charge in [0.1, 0.15) is 0 Å². The second-order valence-electron chi connectivity index (χ2n) is 6.57. The van der Waals surface area contributed by atoms with E-state index in [2.05, 4.69) is 20.7 Å². The number of anilines is 1. The van der Waals surface area contributed by atoms with Crippen LogP contribution in [0.2, 0.25) is 5.02 Å². The number of hydrogen-bond donors (Lipinski definition) is 2. The van der Waals surface area contributed by atoms with E-state index in [1.165, 1.54) is 0 Å². The van der Waals surface area contributed by atoms with Crippen molar-refractivity contribution in [1.82, 2.24) is 20.1 Å². The average molecular weight is 410 g/mol. The van der Waals surface area contributed by atoms with E-state index in [0.717, 1.165) is 42.7 Å². The van der Waals surface area contributed by atoms with Crippen molar-refractivity contribution in [3.05, 3.63) is 40.4 Å². The van der Waals surface area contributed by atoms with Crippen molar-refractivity contribution in [3.63, 3.8) is 0 Å². The van der Waals surface area contributed by atoms with Gasteiger partial charge in [-0.3, -0.25) is 10.1 Å². The van der Waals surface area contributed by atoms with E-state index >= 15 is 0 Å². The predicted octanol–water partition coefficient (Wildman–Crippen LogP) is 3.66. The Morgan fingerprint density at radius 2 is 2.11 bits per heavy atom. The van der Waals surface area contributed by atoms with Gasteiger partial charge < -0.3 is 9.73 Å². The first kappa shape index (κ1) is 19.7. The van der Waals surface area contributed by atoms with Crippen molar-refractivity contribution in [2.45, 2.75) is 25.7 Å². The number of nitrogens with one attached hydrogen (secondary N) is 2. The molecule has 2 aromatic heterocycles. The molecule has 0 radical (unpaired) electrons. The number of para-hydroxylation sites is 1. The van der Waals surface area contributed by atoms with Gasteiger partial charge >= 0.3 is 0 Å². The van der Waals surface area contributed by atoms with Crippen LogP contribution >= 0.6 is 24.0 Å². The van der Waals surface area contributed by atoms with Crippen molar-refractivity contribution >= 4 is 46.8 Å². The summed E-state index contributed by atoms with van der Waals surface area (Å²) in [7, 11) is 1.77. The minimum atomic E-state index is -0.359. The smallest absolute Gasteiger partial charge is 0.294 e. The number of hydrogen-bond acceptors (Lipinski definition) is 5. The molecular weight excluding hydrogens is 389 g/mol. The number of carbonyl (C=O) groups is 1. The summed E-state index contributed by atoms with van der Waals surface area (Å²) in [5, 5.41) is 11.9. The summed E-state index contributed by atoms with van der Waals surface area (Å²) in [6.45, 7) is 3.77. The molecule has 2 N–H and O–H groups in total. The molecule has 1 amide bonds. The molecular formula is C18H21Cl2N5O2. The van der Waals surface area contributed by atoms with Gasteiger partial charge in [0.05, 0.1) is 5.02 Å². The van der Waals surface area contributed by atoms with Gasteiger partial charge in [-0.25, -0.2) is 4.68 Å². The quantitative estimate of drug-likeness (QED) is 0.689. The number of rotatable bonds is 3. The van der Waals surface area contributed by atoms with Crippen molar-refractivity contribution in [2.75, 3.05) is 18.4 Å². The zero-order chi connectivity index (χ0) is 18.3. The standard InChI is InChI=1S/C18H20ClN5O2.ClH/c1-10-12-4-3-5-13(19)15(12)26-14(10)17(25)22-18-21-16(23-24(18)2)11-6-8-20-9-7-11;/h3-5,11,20H,6-9H2,1-2H3,(H,21,22,23,25);1H. The molecule has 0 aliphatic carbocycles. The first-order chi connectivity index (χ1) is 12.5. The summed E-state index contributed by atoms with van der Waals surface area (Å²) in [4.78, 5) is 17.2. The number of amides is 1. The summed E-state index contributed by atoms with van der Waals surface area (Å²) < 4.78 is 7.31. The molecule has 7 nitrogen and oxygen atoms in total. The van der Waals surface area contributed by atoms with Gasteiger partial charge in [-0.15, -0.1) is 12.4 Å². The third kappa shape index (κ3) is 3.67. The first-order valence-corrected chi connectivity index (χ1v) is 9.03. The maximum atomic E-state index is 12.7.